The molecule has 0 aliphatic carbocycles. The summed E-state index contributed by atoms with van der Waals surface area (Å²) in [5.41, 5.74) is 1.49. The Kier molecular flexibility index (Phi) is 4.98. The Morgan fingerprint density at radius 2 is 2.00 bits per heavy atom. The summed E-state index contributed by atoms with van der Waals surface area (Å²) in [5, 5.41) is 12.8. The van der Waals surface area contributed by atoms with Crippen LogP contribution in [0.1, 0.15) is 18.9 Å². The molecule has 0 fully saturated rings. The molecule has 0 radical (unpaired) electrons. The average Bonchev–Trinajstić information content (AvgIpc) is 2.87. The maximum absolute atomic E-state index is 12.2. The van der Waals surface area contributed by atoms with Gasteiger partial charge in [-0.1, -0.05) is 25.5 Å². The molecule has 0 aliphatic heterocycles. The second-order valence-corrected chi connectivity index (χ2v) is 6.40. The number of rotatable bonds is 7. The Bertz CT molecular complexity index is 678. The summed E-state index contributed by atoms with van der Waals surface area (Å²) in [6.45, 7) is 2.36. The van der Waals surface area contributed by atoms with E-state index in [0.717, 1.165) is 18.4 Å². The van der Waals surface area contributed by atoms with Gasteiger partial charge in [0.05, 0.1) is 29.9 Å². The second kappa shape index (κ2) is 6.73. The predicted molar refractivity (Wildman–Crippen MR) is 80.6 cm³/mol. The van der Waals surface area contributed by atoms with Crippen LogP contribution in [0.15, 0.2) is 41.6 Å². The fourth-order valence-corrected chi connectivity index (χ4v) is 3.01. The van der Waals surface area contributed by atoms with Crippen LogP contribution in [0.5, 0.6) is 0 Å². The molecule has 6 nitrogen and oxygen atoms in total. The van der Waals surface area contributed by atoms with Crippen LogP contribution < -0.4 is 4.72 Å². The lowest BCUT2D eigenvalue weighted by molar-refractivity contribution is 0.269. The fourth-order valence-electron chi connectivity index (χ4n) is 1.98. The van der Waals surface area contributed by atoms with Crippen molar-refractivity contribution in [2.75, 3.05) is 11.3 Å². The summed E-state index contributed by atoms with van der Waals surface area (Å²) in [4.78, 5) is 0.220. The van der Waals surface area contributed by atoms with E-state index in [1.165, 1.54) is 10.9 Å². The number of hydrogen-bond donors (Lipinski definition) is 2. The average molecular weight is 309 g/mol. The molecule has 2 N–H and O–H groups in total. The highest BCUT2D eigenvalue weighted by Gasteiger charge is 2.14. The Morgan fingerprint density at radius 3 is 2.62 bits per heavy atom. The summed E-state index contributed by atoms with van der Waals surface area (Å²) >= 11 is 0. The van der Waals surface area contributed by atoms with Gasteiger partial charge in [0.15, 0.2) is 0 Å². The van der Waals surface area contributed by atoms with Crippen LogP contribution >= 0.6 is 0 Å². The van der Waals surface area contributed by atoms with Crippen molar-refractivity contribution >= 4 is 15.7 Å². The highest BCUT2D eigenvalue weighted by atomic mass is 32.2. The number of aryl methyl sites for hydroxylation is 1. The Hall–Kier alpha value is -1.86. The molecule has 1 aromatic heterocycles. The van der Waals surface area contributed by atoms with Gasteiger partial charge in [0, 0.05) is 6.20 Å². The predicted octanol–water partition coefficient (Wildman–Crippen LogP) is 1.63. The van der Waals surface area contributed by atoms with Crippen LogP contribution in [0.2, 0.25) is 0 Å². The van der Waals surface area contributed by atoms with E-state index in [4.69, 9.17) is 5.11 Å². The molecular weight excluding hydrogens is 290 g/mol. The first kappa shape index (κ1) is 15.5. The smallest absolute Gasteiger partial charge is 0.261 e. The first-order valence-corrected chi connectivity index (χ1v) is 8.28. The molecule has 0 saturated heterocycles. The van der Waals surface area contributed by atoms with Crippen LogP contribution in [0.3, 0.4) is 0 Å². The minimum atomic E-state index is -3.61. The van der Waals surface area contributed by atoms with E-state index in [1.807, 2.05) is 12.1 Å². The van der Waals surface area contributed by atoms with E-state index in [1.54, 1.807) is 18.3 Å². The van der Waals surface area contributed by atoms with Crippen molar-refractivity contribution in [2.45, 2.75) is 31.2 Å². The molecule has 0 amide bonds. The van der Waals surface area contributed by atoms with Crippen LogP contribution in [0, 0.1) is 0 Å². The number of nitrogens with zero attached hydrogens (tertiary/aromatic N) is 2. The maximum Gasteiger partial charge on any atom is 0.261 e. The molecule has 114 valence electrons. The lowest BCUT2D eigenvalue weighted by Crippen LogP contribution is -2.12. The Balaban J connectivity index is 2.13. The third-order valence-corrected chi connectivity index (χ3v) is 4.38. The zero-order chi connectivity index (χ0) is 15.3. The SMILES string of the molecule is CCCc1ccc(S(=O)(=O)Nc2cnn(CCO)c2)cc1. The largest absolute Gasteiger partial charge is 0.394 e. The third kappa shape index (κ3) is 4.05. The Labute approximate surface area is 124 Å². The third-order valence-electron chi connectivity index (χ3n) is 2.99. The highest BCUT2D eigenvalue weighted by molar-refractivity contribution is 7.92. The molecule has 21 heavy (non-hydrogen) atoms. The van der Waals surface area contributed by atoms with E-state index in [2.05, 4.69) is 16.7 Å². The number of sulfonamides is 1. The normalized spacial score (nSPS) is 11.5. The van der Waals surface area contributed by atoms with Gasteiger partial charge in [-0.05, 0) is 24.1 Å². The van der Waals surface area contributed by atoms with Crippen LogP contribution in [0.4, 0.5) is 5.69 Å². The molecule has 0 aliphatic rings. The van der Waals surface area contributed by atoms with Gasteiger partial charge in [0.1, 0.15) is 0 Å². The van der Waals surface area contributed by atoms with E-state index in [9.17, 15) is 8.42 Å². The van der Waals surface area contributed by atoms with Crippen molar-refractivity contribution in [3.63, 3.8) is 0 Å². The number of hydrogen-bond acceptors (Lipinski definition) is 4. The zero-order valence-electron chi connectivity index (χ0n) is 11.9. The topological polar surface area (TPSA) is 84.2 Å². The first-order chi connectivity index (χ1) is 10.0. The number of aliphatic hydroxyl groups is 1. The monoisotopic (exact) mass is 309 g/mol. The number of anilines is 1. The van der Waals surface area contributed by atoms with E-state index in [0.29, 0.717) is 12.2 Å². The molecule has 2 aromatic rings. The van der Waals surface area contributed by atoms with Crippen molar-refractivity contribution in [3.8, 4) is 0 Å². The number of aliphatic hydroxyl groups excluding tert-OH is 1. The van der Waals surface area contributed by atoms with Crippen molar-refractivity contribution < 1.29 is 13.5 Å². The highest BCUT2D eigenvalue weighted by Crippen LogP contribution is 2.16. The van der Waals surface area contributed by atoms with Gasteiger partial charge < -0.3 is 5.11 Å². The maximum atomic E-state index is 12.2. The molecular formula is C14H19N3O3S. The number of aromatic nitrogens is 2. The van der Waals surface area contributed by atoms with Crippen LogP contribution in [0.25, 0.3) is 0 Å². The Morgan fingerprint density at radius 1 is 1.29 bits per heavy atom. The zero-order valence-corrected chi connectivity index (χ0v) is 12.7. The van der Waals surface area contributed by atoms with Gasteiger partial charge in [-0.15, -0.1) is 0 Å². The first-order valence-electron chi connectivity index (χ1n) is 6.80. The molecule has 7 heteroatoms. The van der Waals surface area contributed by atoms with Crippen molar-refractivity contribution in [2.24, 2.45) is 0 Å². The van der Waals surface area contributed by atoms with E-state index >= 15 is 0 Å². The van der Waals surface area contributed by atoms with Crippen LogP contribution in [-0.2, 0) is 23.0 Å². The number of nitrogens with one attached hydrogen (secondary N) is 1. The molecule has 2 rings (SSSR count). The molecule has 0 spiro atoms. The molecule has 0 unspecified atom stereocenters. The molecule has 0 atom stereocenters. The van der Waals surface area contributed by atoms with Gasteiger partial charge in [-0.3, -0.25) is 9.40 Å². The lowest BCUT2D eigenvalue weighted by Gasteiger charge is -2.06. The minimum Gasteiger partial charge on any atom is -0.394 e. The van der Waals surface area contributed by atoms with Crippen molar-refractivity contribution in [1.82, 2.24) is 9.78 Å². The summed E-state index contributed by atoms with van der Waals surface area (Å²) in [5.74, 6) is 0. The summed E-state index contributed by atoms with van der Waals surface area (Å²) in [6, 6.07) is 6.86. The van der Waals surface area contributed by atoms with Crippen molar-refractivity contribution in [1.29, 1.82) is 0 Å². The second-order valence-electron chi connectivity index (χ2n) is 4.72. The van der Waals surface area contributed by atoms with Gasteiger partial charge in [-0.2, -0.15) is 5.10 Å². The van der Waals surface area contributed by atoms with Gasteiger partial charge in [-0.25, -0.2) is 8.42 Å². The quantitative estimate of drug-likeness (QED) is 0.814. The summed E-state index contributed by atoms with van der Waals surface area (Å²) in [6.07, 6.45) is 4.91. The minimum absolute atomic E-state index is 0.0488. The summed E-state index contributed by atoms with van der Waals surface area (Å²) in [7, 11) is -3.61. The van der Waals surface area contributed by atoms with Gasteiger partial charge in [0.25, 0.3) is 10.0 Å². The molecule has 1 heterocycles. The van der Waals surface area contributed by atoms with Gasteiger partial charge in [0.2, 0.25) is 0 Å². The van der Waals surface area contributed by atoms with Crippen LogP contribution in [-0.4, -0.2) is 29.9 Å². The number of benzene rings is 1. The lowest BCUT2D eigenvalue weighted by atomic mass is 10.1. The summed E-state index contributed by atoms with van der Waals surface area (Å²) < 4.78 is 28.4. The van der Waals surface area contributed by atoms with E-state index in [-0.39, 0.29) is 11.5 Å². The van der Waals surface area contributed by atoms with Gasteiger partial charge >= 0.3 is 0 Å². The van der Waals surface area contributed by atoms with E-state index < -0.39 is 10.0 Å². The molecule has 0 bridgehead atoms. The standard InChI is InChI=1S/C14H19N3O3S/c1-2-3-12-4-6-14(7-5-12)21(19,20)16-13-10-15-17(11-13)8-9-18/h4-7,10-11,16,18H,2-3,8-9H2,1H3. The van der Waals surface area contributed by atoms with Crippen molar-refractivity contribution in [3.05, 3.63) is 42.2 Å². The molecule has 1 aromatic carbocycles. The molecule has 0 saturated carbocycles. The fraction of sp³-hybridized carbons (Fsp3) is 0.357.